The molecule has 0 aliphatic heterocycles. The van der Waals surface area contributed by atoms with Gasteiger partial charge in [0.2, 0.25) is 0 Å². The van der Waals surface area contributed by atoms with E-state index in [0.717, 1.165) is 16.3 Å². The lowest BCUT2D eigenvalue weighted by Gasteiger charge is -2.21. The number of thiazole rings is 1. The highest BCUT2D eigenvalue weighted by Crippen LogP contribution is 2.35. The van der Waals surface area contributed by atoms with E-state index in [2.05, 4.69) is 24.1 Å². The Morgan fingerprint density at radius 2 is 1.84 bits per heavy atom. The van der Waals surface area contributed by atoms with Crippen molar-refractivity contribution in [1.29, 1.82) is 0 Å². The van der Waals surface area contributed by atoms with Gasteiger partial charge in [-0.1, -0.05) is 29.3 Å². The van der Waals surface area contributed by atoms with Gasteiger partial charge >= 0.3 is 0 Å². The van der Waals surface area contributed by atoms with Gasteiger partial charge in [-0.2, -0.15) is 0 Å². The Hall–Kier alpha value is -0.610. The van der Waals surface area contributed by atoms with Crippen LogP contribution in [0.2, 0.25) is 10.0 Å². The molecule has 1 N–H and O–H groups in total. The smallest absolute Gasteiger partial charge is 0.114 e. The van der Waals surface area contributed by atoms with E-state index in [4.69, 9.17) is 23.2 Å². The molecule has 0 spiro atoms. The molecule has 19 heavy (non-hydrogen) atoms. The van der Waals surface area contributed by atoms with Crippen LogP contribution in [0.4, 0.5) is 0 Å². The average molecular weight is 315 g/mol. The Bertz CT molecular complexity index is 546. The number of aryl methyl sites for hydroxylation is 1. The molecule has 2 nitrogen and oxygen atoms in total. The third-order valence-corrected chi connectivity index (χ3v) is 4.36. The number of nitrogens with one attached hydrogen (secondary N) is 1. The Kier molecular flexibility index (Phi) is 4.85. The zero-order valence-corrected chi connectivity index (χ0v) is 13.4. The third kappa shape index (κ3) is 3.48. The lowest BCUT2D eigenvalue weighted by Crippen LogP contribution is -2.29. The molecule has 1 aromatic carbocycles. The van der Waals surface area contributed by atoms with Crippen molar-refractivity contribution in [3.05, 3.63) is 49.9 Å². The molecule has 102 valence electrons. The van der Waals surface area contributed by atoms with Crippen molar-refractivity contribution < 1.29 is 0 Å². The highest BCUT2D eigenvalue weighted by Gasteiger charge is 2.23. The van der Waals surface area contributed by atoms with E-state index in [1.54, 1.807) is 11.3 Å². The SMILES string of the molecule is Cc1csc(C(NC(C)C)c2c(Cl)cccc2Cl)n1. The molecule has 0 bridgehead atoms. The highest BCUT2D eigenvalue weighted by molar-refractivity contribution is 7.09. The van der Waals surface area contributed by atoms with Gasteiger partial charge in [0.05, 0.1) is 6.04 Å². The van der Waals surface area contributed by atoms with Crippen molar-refractivity contribution >= 4 is 34.5 Å². The summed E-state index contributed by atoms with van der Waals surface area (Å²) in [7, 11) is 0. The van der Waals surface area contributed by atoms with E-state index in [9.17, 15) is 0 Å². The summed E-state index contributed by atoms with van der Waals surface area (Å²) in [6, 6.07) is 5.81. The first-order valence-electron chi connectivity index (χ1n) is 6.11. The van der Waals surface area contributed by atoms with E-state index in [1.807, 2.05) is 30.5 Å². The van der Waals surface area contributed by atoms with Gasteiger partial charge in [0.25, 0.3) is 0 Å². The fourth-order valence-electron chi connectivity index (χ4n) is 1.90. The molecule has 1 unspecified atom stereocenters. The van der Waals surface area contributed by atoms with Crippen LogP contribution < -0.4 is 5.32 Å². The van der Waals surface area contributed by atoms with Crippen molar-refractivity contribution in [2.24, 2.45) is 0 Å². The summed E-state index contributed by atoms with van der Waals surface area (Å²) in [5.74, 6) is 0. The first kappa shape index (κ1) is 14.8. The molecule has 1 heterocycles. The van der Waals surface area contributed by atoms with Crippen molar-refractivity contribution in [2.75, 3.05) is 0 Å². The lowest BCUT2D eigenvalue weighted by atomic mass is 10.1. The van der Waals surface area contributed by atoms with Crippen LogP contribution in [-0.4, -0.2) is 11.0 Å². The molecule has 5 heteroatoms. The van der Waals surface area contributed by atoms with Gasteiger partial charge in [-0.15, -0.1) is 11.3 Å². The van der Waals surface area contributed by atoms with Crippen LogP contribution in [0.3, 0.4) is 0 Å². The number of hydrogen-bond acceptors (Lipinski definition) is 3. The van der Waals surface area contributed by atoms with Crippen LogP contribution in [0.1, 0.15) is 36.2 Å². The van der Waals surface area contributed by atoms with E-state index in [0.29, 0.717) is 16.1 Å². The van der Waals surface area contributed by atoms with Crippen LogP contribution in [0.5, 0.6) is 0 Å². The summed E-state index contributed by atoms with van der Waals surface area (Å²) in [5, 5.41) is 7.84. The van der Waals surface area contributed by atoms with Gasteiger partial charge in [-0.3, -0.25) is 0 Å². The molecule has 0 aliphatic carbocycles. The van der Waals surface area contributed by atoms with Gasteiger partial charge in [0.15, 0.2) is 0 Å². The van der Waals surface area contributed by atoms with Crippen LogP contribution in [0.15, 0.2) is 23.6 Å². The molecule has 0 saturated carbocycles. The second-order valence-corrected chi connectivity index (χ2v) is 6.42. The van der Waals surface area contributed by atoms with E-state index in [-0.39, 0.29) is 6.04 Å². The summed E-state index contributed by atoms with van der Waals surface area (Å²) in [4.78, 5) is 4.56. The number of rotatable bonds is 4. The van der Waals surface area contributed by atoms with Crippen LogP contribution in [0, 0.1) is 6.92 Å². The number of hydrogen-bond donors (Lipinski definition) is 1. The van der Waals surface area contributed by atoms with Crippen molar-refractivity contribution in [2.45, 2.75) is 32.9 Å². The maximum Gasteiger partial charge on any atom is 0.114 e. The van der Waals surface area contributed by atoms with Gasteiger partial charge < -0.3 is 5.32 Å². The average Bonchev–Trinajstić information content (AvgIpc) is 2.73. The number of nitrogens with zero attached hydrogens (tertiary/aromatic N) is 1. The summed E-state index contributed by atoms with van der Waals surface area (Å²) < 4.78 is 0. The number of benzene rings is 1. The maximum absolute atomic E-state index is 6.32. The molecule has 0 amide bonds. The molecule has 1 aromatic heterocycles. The Balaban J connectivity index is 2.49. The first-order chi connectivity index (χ1) is 8.99. The minimum Gasteiger partial charge on any atom is -0.302 e. The minimum atomic E-state index is -0.0695. The largest absolute Gasteiger partial charge is 0.302 e. The summed E-state index contributed by atoms with van der Waals surface area (Å²) in [5.41, 5.74) is 1.91. The Labute approximate surface area is 127 Å². The van der Waals surface area contributed by atoms with Gasteiger partial charge in [0.1, 0.15) is 5.01 Å². The normalized spacial score (nSPS) is 12.9. The molecule has 1 atom stereocenters. The Morgan fingerprint density at radius 1 is 1.21 bits per heavy atom. The van der Waals surface area contributed by atoms with Crippen LogP contribution in [0.25, 0.3) is 0 Å². The highest BCUT2D eigenvalue weighted by atomic mass is 35.5. The second kappa shape index (κ2) is 6.23. The molecular weight excluding hydrogens is 299 g/mol. The molecule has 0 radical (unpaired) electrons. The van der Waals surface area contributed by atoms with Crippen LogP contribution in [-0.2, 0) is 0 Å². The monoisotopic (exact) mass is 314 g/mol. The second-order valence-electron chi connectivity index (χ2n) is 4.72. The zero-order chi connectivity index (χ0) is 14.0. The number of halogens is 2. The van der Waals surface area contributed by atoms with Gasteiger partial charge in [0, 0.05) is 32.7 Å². The summed E-state index contributed by atoms with van der Waals surface area (Å²) in [6.45, 7) is 6.18. The van der Waals surface area contributed by atoms with Crippen LogP contribution >= 0.6 is 34.5 Å². The fraction of sp³-hybridized carbons (Fsp3) is 0.357. The molecule has 0 saturated heterocycles. The molecule has 2 rings (SSSR count). The first-order valence-corrected chi connectivity index (χ1v) is 7.74. The topological polar surface area (TPSA) is 24.9 Å². The van der Waals surface area contributed by atoms with E-state index in [1.165, 1.54) is 0 Å². The minimum absolute atomic E-state index is 0.0695. The zero-order valence-electron chi connectivity index (χ0n) is 11.1. The molecule has 2 aromatic rings. The molecule has 0 fully saturated rings. The van der Waals surface area contributed by atoms with Crippen molar-refractivity contribution in [3.8, 4) is 0 Å². The Morgan fingerprint density at radius 3 is 2.32 bits per heavy atom. The lowest BCUT2D eigenvalue weighted by molar-refractivity contribution is 0.527. The quantitative estimate of drug-likeness (QED) is 0.873. The summed E-state index contributed by atoms with van der Waals surface area (Å²) in [6.07, 6.45) is 0. The predicted octanol–water partition coefficient (Wildman–Crippen LogP) is 4.85. The third-order valence-electron chi connectivity index (χ3n) is 2.67. The predicted molar refractivity (Wildman–Crippen MR) is 83.4 cm³/mol. The van der Waals surface area contributed by atoms with Crippen molar-refractivity contribution in [1.82, 2.24) is 10.3 Å². The van der Waals surface area contributed by atoms with E-state index >= 15 is 0 Å². The summed E-state index contributed by atoms with van der Waals surface area (Å²) >= 11 is 14.3. The van der Waals surface area contributed by atoms with Gasteiger partial charge in [-0.25, -0.2) is 4.98 Å². The molecule has 0 aliphatic rings. The van der Waals surface area contributed by atoms with Gasteiger partial charge in [-0.05, 0) is 32.9 Å². The number of aromatic nitrogens is 1. The standard InChI is InChI=1S/C14H16Cl2N2S/c1-8(2)17-13(14-18-9(3)7-19-14)12-10(15)5-4-6-11(12)16/h4-8,13,17H,1-3H3. The fourth-order valence-corrected chi connectivity index (χ4v) is 3.38. The van der Waals surface area contributed by atoms with Crippen molar-refractivity contribution in [3.63, 3.8) is 0 Å². The molecular formula is C14H16Cl2N2S. The van der Waals surface area contributed by atoms with E-state index < -0.39 is 0 Å². The maximum atomic E-state index is 6.32.